The number of piperidine rings is 1. The highest BCUT2D eigenvalue weighted by atomic mass is 16.3. The summed E-state index contributed by atoms with van der Waals surface area (Å²) in [6, 6.07) is 9.92. The molecule has 1 fully saturated rings. The van der Waals surface area contributed by atoms with Crippen molar-refractivity contribution in [1.29, 1.82) is 0 Å². The summed E-state index contributed by atoms with van der Waals surface area (Å²) >= 11 is 0. The molecule has 0 aliphatic carbocycles. The second kappa shape index (κ2) is 8.71. The molecule has 7 nitrogen and oxygen atoms in total. The number of benzene rings is 1. The van der Waals surface area contributed by atoms with E-state index >= 15 is 0 Å². The first kappa shape index (κ1) is 17.5. The Morgan fingerprint density at radius 3 is 2.88 bits per heavy atom. The molecule has 1 aromatic heterocycles. The number of rotatable bonds is 7. The van der Waals surface area contributed by atoms with Crippen molar-refractivity contribution in [3.63, 3.8) is 0 Å². The Kier molecular flexibility index (Phi) is 6.11. The van der Waals surface area contributed by atoms with Gasteiger partial charge in [0.05, 0.1) is 6.54 Å². The molecule has 1 aliphatic rings. The molecule has 1 atom stereocenters. The normalized spacial score (nSPS) is 17.6. The third kappa shape index (κ3) is 4.63. The molecule has 0 spiro atoms. The summed E-state index contributed by atoms with van der Waals surface area (Å²) in [5.74, 6) is 0.771. The fourth-order valence-electron chi connectivity index (χ4n) is 3.33. The average molecular weight is 343 g/mol. The topological polar surface area (TPSA) is 84.1 Å². The Morgan fingerprint density at radius 2 is 2.08 bits per heavy atom. The van der Waals surface area contributed by atoms with Gasteiger partial charge in [-0.25, -0.2) is 0 Å². The SMILES string of the molecule is O=C(CCCn1nnc(-c2ccccc2)n1)N1CCCCC1CCO. The highest BCUT2D eigenvalue weighted by molar-refractivity contribution is 5.76. The van der Waals surface area contributed by atoms with Gasteiger partial charge < -0.3 is 10.0 Å². The van der Waals surface area contributed by atoms with E-state index in [0.29, 0.717) is 31.6 Å². The number of nitrogens with zero attached hydrogens (tertiary/aromatic N) is 5. The van der Waals surface area contributed by atoms with Crippen LogP contribution in [0, 0.1) is 0 Å². The van der Waals surface area contributed by atoms with Crippen molar-refractivity contribution in [3.8, 4) is 11.4 Å². The minimum Gasteiger partial charge on any atom is -0.396 e. The van der Waals surface area contributed by atoms with Gasteiger partial charge in [-0.2, -0.15) is 4.80 Å². The van der Waals surface area contributed by atoms with Crippen LogP contribution in [-0.2, 0) is 11.3 Å². The monoisotopic (exact) mass is 343 g/mol. The van der Waals surface area contributed by atoms with E-state index in [9.17, 15) is 9.90 Å². The average Bonchev–Trinajstić information content (AvgIpc) is 3.12. The first-order valence-electron chi connectivity index (χ1n) is 9.01. The fraction of sp³-hybridized carbons (Fsp3) is 0.556. The van der Waals surface area contributed by atoms with E-state index in [1.165, 1.54) is 0 Å². The van der Waals surface area contributed by atoms with Gasteiger partial charge in [-0.3, -0.25) is 4.79 Å². The van der Waals surface area contributed by atoms with Gasteiger partial charge in [0.25, 0.3) is 0 Å². The molecule has 1 N–H and O–H groups in total. The molecular weight excluding hydrogens is 318 g/mol. The maximum absolute atomic E-state index is 12.5. The van der Waals surface area contributed by atoms with Crippen LogP contribution in [0.3, 0.4) is 0 Å². The van der Waals surface area contributed by atoms with Crippen LogP contribution in [0.4, 0.5) is 0 Å². The lowest BCUT2D eigenvalue weighted by Crippen LogP contribution is -2.44. The second-order valence-electron chi connectivity index (χ2n) is 6.43. The number of carbonyl (C=O) groups is 1. The summed E-state index contributed by atoms with van der Waals surface area (Å²) in [7, 11) is 0. The zero-order valence-electron chi connectivity index (χ0n) is 14.4. The third-order valence-electron chi connectivity index (χ3n) is 4.64. The molecule has 1 saturated heterocycles. The summed E-state index contributed by atoms with van der Waals surface area (Å²) in [6.45, 7) is 1.52. The molecule has 3 rings (SSSR count). The summed E-state index contributed by atoms with van der Waals surface area (Å²) in [5.41, 5.74) is 0.935. The number of hydrogen-bond donors (Lipinski definition) is 1. The Balaban J connectivity index is 1.49. The number of aromatic nitrogens is 4. The highest BCUT2D eigenvalue weighted by Gasteiger charge is 2.25. The molecule has 1 aromatic carbocycles. The van der Waals surface area contributed by atoms with Gasteiger partial charge in [0.15, 0.2) is 0 Å². The summed E-state index contributed by atoms with van der Waals surface area (Å²) < 4.78 is 0. The van der Waals surface area contributed by atoms with Gasteiger partial charge >= 0.3 is 0 Å². The van der Waals surface area contributed by atoms with E-state index in [1.807, 2.05) is 35.2 Å². The highest BCUT2D eigenvalue weighted by Crippen LogP contribution is 2.20. The van der Waals surface area contributed by atoms with Crippen molar-refractivity contribution < 1.29 is 9.90 Å². The third-order valence-corrected chi connectivity index (χ3v) is 4.64. The van der Waals surface area contributed by atoms with Gasteiger partial charge in [-0.05, 0) is 37.3 Å². The molecule has 7 heteroatoms. The van der Waals surface area contributed by atoms with Crippen molar-refractivity contribution in [2.45, 2.75) is 51.1 Å². The van der Waals surface area contributed by atoms with Crippen LogP contribution in [0.15, 0.2) is 30.3 Å². The van der Waals surface area contributed by atoms with E-state index in [-0.39, 0.29) is 18.6 Å². The van der Waals surface area contributed by atoms with E-state index in [1.54, 1.807) is 4.80 Å². The van der Waals surface area contributed by atoms with Crippen LogP contribution in [0.25, 0.3) is 11.4 Å². The molecule has 25 heavy (non-hydrogen) atoms. The summed E-state index contributed by atoms with van der Waals surface area (Å²) in [6.07, 6.45) is 5.03. The van der Waals surface area contributed by atoms with Crippen molar-refractivity contribution in [1.82, 2.24) is 25.1 Å². The molecule has 2 heterocycles. The first-order valence-corrected chi connectivity index (χ1v) is 9.01. The molecule has 1 aliphatic heterocycles. The van der Waals surface area contributed by atoms with Crippen molar-refractivity contribution in [2.75, 3.05) is 13.2 Å². The zero-order chi connectivity index (χ0) is 17.5. The number of carbonyl (C=O) groups excluding carboxylic acids is 1. The molecule has 0 bridgehead atoms. The molecule has 2 aromatic rings. The minimum absolute atomic E-state index is 0.138. The largest absolute Gasteiger partial charge is 0.396 e. The lowest BCUT2D eigenvalue weighted by molar-refractivity contribution is -0.135. The number of hydrogen-bond acceptors (Lipinski definition) is 5. The lowest BCUT2D eigenvalue weighted by Gasteiger charge is -2.35. The summed E-state index contributed by atoms with van der Waals surface area (Å²) in [4.78, 5) is 16.0. The van der Waals surface area contributed by atoms with E-state index < -0.39 is 0 Å². The standard InChI is InChI=1S/C18H25N5O2/c24-14-11-16-9-4-5-12-22(16)17(25)10-6-13-23-20-18(19-21-23)15-7-2-1-3-8-15/h1-3,7-8,16,24H,4-6,9-14H2. The van der Waals surface area contributed by atoms with Crippen molar-refractivity contribution >= 4 is 5.91 Å². The van der Waals surface area contributed by atoms with Crippen molar-refractivity contribution in [2.24, 2.45) is 0 Å². The number of likely N-dealkylation sites (tertiary alicyclic amines) is 1. The number of tetrazole rings is 1. The number of aliphatic hydroxyl groups excluding tert-OH is 1. The Hall–Kier alpha value is -2.28. The predicted molar refractivity (Wildman–Crippen MR) is 93.5 cm³/mol. The summed E-state index contributed by atoms with van der Waals surface area (Å²) in [5, 5.41) is 21.7. The molecule has 134 valence electrons. The Bertz CT molecular complexity index is 671. The molecule has 1 amide bonds. The van der Waals surface area contributed by atoms with Crippen LogP contribution in [0.1, 0.15) is 38.5 Å². The number of amides is 1. The fourth-order valence-corrected chi connectivity index (χ4v) is 3.33. The minimum atomic E-state index is 0.138. The first-order chi connectivity index (χ1) is 12.3. The quantitative estimate of drug-likeness (QED) is 0.830. The van der Waals surface area contributed by atoms with Gasteiger partial charge in [-0.15, -0.1) is 10.2 Å². The Morgan fingerprint density at radius 1 is 1.24 bits per heavy atom. The van der Waals surface area contributed by atoms with Crippen molar-refractivity contribution in [3.05, 3.63) is 30.3 Å². The number of aryl methyl sites for hydroxylation is 1. The van der Waals surface area contributed by atoms with Crippen LogP contribution < -0.4 is 0 Å². The molecule has 1 unspecified atom stereocenters. The maximum Gasteiger partial charge on any atom is 0.222 e. The van der Waals surface area contributed by atoms with E-state index in [2.05, 4.69) is 15.4 Å². The predicted octanol–water partition coefficient (Wildman–Crippen LogP) is 1.88. The van der Waals surface area contributed by atoms with Crippen LogP contribution in [0.5, 0.6) is 0 Å². The van der Waals surface area contributed by atoms with Gasteiger partial charge in [0.2, 0.25) is 11.7 Å². The molecular formula is C18H25N5O2. The van der Waals surface area contributed by atoms with Gasteiger partial charge in [0.1, 0.15) is 0 Å². The van der Waals surface area contributed by atoms with Gasteiger partial charge in [-0.1, -0.05) is 30.3 Å². The Labute approximate surface area is 147 Å². The molecule has 0 radical (unpaired) electrons. The smallest absolute Gasteiger partial charge is 0.222 e. The zero-order valence-corrected chi connectivity index (χ0v) is 14.4. The number of aliphatic hydroxyl groups is 1. The van der Waals surface area contributed by atoms with E-state index in [0.717, 1.165) is 31.4 Å². The maximum atomic E-state index is 12.5. The molecule has 0 saturated carbocycles. The lowest BCUT2D eigenvalue weighted by atomic mass is 9.99. The van der Waals surface area contributed by atoms with Crippen LogP contribution in [0.2, 0.25) is 0 Å². The van der Waals surface area contributed by atoms with Crippen LogP contribution >= 0.6 is 0 Å². The van der Waals surface area contributed by atoms with Crippen LogP contribution in [-0.4, -0.2) is 55.3 Å². The van der Waals surface area contributed by atoms with E-state index in [4.69, 9.17) is 0 Å². The van der Waals surface area contributed by atoms with Gasteiger partial charge in [0, 0.05) is 31.2 Å². The second-order valence-corrected chi connectivity index (χ2v) is 6.43.